The van der Waals surface area contributed by atoms with Crippen molar-refractivity contribution in [1.29, 1.82) is 0 Å². The van der Waals surface area contributed by atoms with Crippen LogP contribution in [0.3, 0.4) is 0 Å². The van der Waals surface area contributed by atoms with Gasteiger partial charge >= 0.3 is 80.9 Å². The fourth-order valence-electron chi connectivity index (χ4n) is 1.45. The third kappa shape index (κ3) is 1.15. The second-order valence-corrected chi connectivity index (χ2v) is 13.3. The number of rotatable bonds is 1. The Morgan fingerprint density at radius 3 is 2.00 bits per heavy atom. The molecule has 0 aromatic heterocycles. The standard InChI is InChI=1S/C6H14NO2PS2/c1-7(2)10(8-3-4-9-10)11-5-6-12-10/h3-6H2,1-2H3. The summed E-state index contributed by atoms with van der Waals surface area (Å²) in [5, 5.41) is 0. The molecule has 0 radical (unpaired) electrons. The van der Waals surface area contributed by atoms with Crippen molar-refractivity contribution in [3.05, 3.63) is 0 Å². The Morgan fingerprint density at radius 1 is 1.08 bits per heavy atom. The normalized spacial score (nSPS) is 35.4. The van der Waals surface area contributed by atoms with Crippen LogP contribution in [0, 0.1) is 0 Å². The Bertz CT molecular complexity index is 166. The Balaban J connectivity index is 2.31. The average Bonchev–Trinajstić information content (AvgIpc) is 2.63. The summed E-state index contributed by atoms with van der Waals surface area (Å²) in [5.74, 6) is 2.31. The summed E-state index contributed by atoms with van der Waals surface area (Å²) < 4.78 is 14.0. The van der Waals surface area contributed by atoms with Gasteiger partial charge in [-0.1, -0.05) is 0 Å². The molecule has 0 saturated carbocycles. The summed E-state index contributed by atoms with van der Waals surface area (Å²) in [5.41, 5.74) is -2.40. The third-order valence-electron chi connectivity index (χ3n) is 2.05. The van der Waals surface area contributed by atoms with Crippen molar-refractivity contribution in [3.8, 4) is 0 Å². The molecule has 0 aromatic rings. The summed E-state index contributed by atoms with van der Waals surface area (Å²) >= 11 is 3.77. The molecule has 0 atom stereocenters. The number of hydrogen-bond acceptors (Lipinski definition) is 5. The molecular formula is C6H14NO2PS2. The fourth-order valence-corrected chi connectivity index (χ4v) is 13.4. The van der Waals surface area contributed by atoms with Crippen molar-refractivity contribution < 1.29 is 9.05 Å². The van der Waals surface area contributed by atoms with Crippen molar-refractivity contribution in [3.63, 3.8) is 0 Å². The van der Waals surface area contributed by atoms with Gasteiger partial charge in [-0.25, -0.2) is 0 Å². The predicted molar refractivity (Wildman–Crippen MR) is 57.4 cm³/mol. The minimum atomic E-state index is -2.40. The molecule has 0 N–H and O–H groups in total. The summed E-state index contributed by atoms with van der Waals surface area (Å²) in [4.78, 5) is 0. The molecule has 0 bridgehead atoms. The van der Waals surface area contributed by atoms with Crippen molar-refractivity contribution in [1.82, 2.24) is 4.67 Å². The first kappa shape index (κ1) is 9.56. The zero-order valence-electron chi connectivity index (χ0n) is 7.36. The molecule has 3 nitrogen and oxygen atoms in total. The van der Waals surface area contributed by atoms with Crippen molar-refractivity contribution in [2.45, 2.75) is 0 Å². The minimum absolute atomic E-state index is 0.760. The Labute approximate surface area is 81.2 Å². The van der Waals surface area contributed by atoms with Crippen molar-refractivity contribution >= 4 is 28.4 Å². The Morgan fingerprint density at radius 2 is 1.58 bits per heavy atom. The summed E-state index contributed by atoms with van der Waals surface area (Å²) in [6, 6.07) is 0. The SMILES string of the molecule is CN(C)P12(OCCO1)SCCS2. The molecule has 1 spiro atoms. The van der Waals surface area contributed by atoms with Gasteiger partial charge in [0.05, 0.1) is 0 Å². The topological polar surface area (TPSA) is 21.7 Å². The van der Waals surface area contributed by atoms with Gasteiger partial charge in [0, 0.05) is 0 Å². The third-order valence-corrected chi connectivity index (χ3v) is 15.3. The van der Waals surface area contributed by atoms with Crippen LogP contribution in [0.1, 0.15) is 0 Å². The molecule has 2 heterocycles. The van der Waals surface area contributed by atoms with Crippen LogP contribution >= 0.6 is 28.4 Å². The van der Waals surface area contributed by atoms with E-state index >= 15 is 0 Å². The summed E-state index contributed by atoms with van der Waals surface area (Å²) in [6.07, 6.45) is 0. The van der Waals surface area contributed by atoms with Crippen LogP contribution in [0.5, 0.6) is 0 Å². The molecule has 0 unspecified atom stereocenters. The van der Waals surface area contributed by atoms with E-state index in [1.807, 2.05) is 22.8 Å². The van der Waals surface area contributed by atoms with Gasteiger partial charge in [0.2, 0.25) is 0 Å². The fraction of sp³-hybridized carbons (Fsp3) is 1.00. The molecule has 2 aliphatic heterocycles. The summed E-state index contributed by atoms with van der Waals surface area (Å²) in [7, 11) is 4.13. The maximum atomic E-state index is 5.91. The van der Waals surface area contributed by atoms with Crippen molar-refractivity contribution in [2.24, 2.45) is 0 Å². The second-order valence-electron chi connectivity index (χ2n) is 2.95. The number of nitrogens with zero attached hydrogens (tertiary/aromatic N) is 1. The van der Waals surface area contributed by atoms with E-state index < -0.39 is 5.61 Å². The van der Waals surface area contributed by atoms with E-state index in [1.54, 1.807) is 0 Å². The van der Waals surface area contributed by atoms with Gasteiger partial charge in [-0.05, 0) is 0 Å². The van der Waals surface area contributed by atoms with E-state index in [1.165, 1.54) is 0 Å². The molecule has 2 fully saturated rings. The van der Waals surface area contributed by atoms with Crippen molar-refractivity contribution in [2.75, 3.05) is 38.8 Å². The van der Waals surface area contributed by atoms with Crippen LogP contribution in [0.25, 0.3) is 0 Å². The van der Waals surface area contributed by atoms with Gasteiger partial charge in [0.15, 0.2) is 0 Å². The van der Waals surface area contributed by atoms with Gasteiger partial charge in [-0.3, -0.25) is 0 Å². The van der Waals surface area contributed by atoms with Gasteiger partial charge in [-0.15, -0.1) is 0 Å². The quantitative estimate of drug-likeness (QED) is 0.638. The van der Waals surface area contributed by atoms with E-state index in [-0.39, 0.29) is 0 Å². The van der Waals surface area contributed by atoms with Crippen LogP contribution in [0.2, 0.25) is 0 Å². The van der Waals surface area contributed by atoms with Gasteiger partial charge in [0.1, 0.15) is 0 Å². The van der Waals surface area contributed by atoms with E-state index in [4.69, 9.17) is 9.05 Å². The second kappa shape index (κ2) is 3.01. The molecule has 0 aliphatic carbocycles. The van der Waals surface area contributed by atoms with Crippen LogP contribution in [0.4, 0.5) is 0 Å². The number of hydrogen-bond donors (Lipinski definition) is 0. The molecule has 0 aromatic carbocycles. The molecular weight excluding hydrogens is 213 g/mol. The van der Waals surface area contributed by atoms with E-state index in [0.717, 1.165) is 24.7 Å². The first-order chi connectivity index (χ1) is 5.68. The zero-order valence-corrected chi connectivity index (χ0v) is 9.88. The van der Waals surface area contributed by atoms with Gasteiger partial charge in [0.25, 0.3) is 0 Å². The Kier molecular flexibility index (Phi) is 2.39. The molecule has 2 rings (SSSR count). The van der Waals surface area contributed by atoms with E-state index in [2.05, 4.69) is 18.8 Å². The molecule has 2 aliphatic rings. The van der Waals surface area contributed by atoms with Gasteiger partial charge < -0.3 is 0 Å². The van der Waals surface area contributed by atoms with Crippen LogP contribution < -0.4 is 0 Å². The molecule has 2 saturated heterocycles. The first-order valence-corrected chi connectivity index (χ1v) is 9.19. The maximum absolute atomic E-state index is 5.91. The van der Waals surface area contributed by atoms with Gasteiger partial charge in [-0.2, -0.15) is 0 Å². The average molecular weight is 227 g/mol. The molecule has 0 amide bonds. The summed E-state index contributed by atoms with van der Waals surface area (Å²) in [6.45, 7) is 1.52. The monoisotopic (exact) mass is 227 g/mol. The Hall–Kier alpha value is 1.01. The van der Waals surface area contributed by atoms with Crippen LogP contribution in [-0.4, -0.2) is 43.5 Å². The van der Waals surface area contributed by atoms with E-state index in [0.29, 0.717) is 0 Å². The molecule has 6 heteroatoms. The first-order valence-electron chi connectivity index (χ1n) is 3.98. The predicted octanol–water partition coefficient (Wildman–Crippen LogP) is 2.20. The van der Waals surface area contributed by atoms with Crippen LogP contribution in [-0.2, 0) is 9.05 Å². The molecule has 72 valence electrons. The molecule has 12 heavy (non-hydrogen) atoms. The van der Waals surface area contributed by atoms with E-state index in [9.17, 15) is 0 Å². The zero-order chi connectivity index (χ0) is 8.68. The van der Waals surface area contributed by atoms with Crippen LogP contribution in [0.15, 0.2) is 0 Å².